The van der Waals surface area contributed by atoms with Gasteiger partial charge in [-0.15, -0.1) is 0 Å². The van der Waals surface area contributed by atoms with Crippen LogP contribution in [0.2, 0.25) is 0 Å². The molecule has 0 aliphatic heterocycles. The molecule has 1 atom stereocenters. The van der Waals surface area contributed by atoms with E-state index >= 15 is 0 Å². The Balaban J connectivity index is 1.73. The molecule has 1 aliphatic rings. The van der Waals surface area contributed by atoms with Gasteiger partial charge in [0.15, 0.2) is 6.61 Å². The van der Waals surface area contributed by atoms with Gasteiger partial charge < -0.3 is 24.9 Å². The second-order valence-corrected chi connectivity index (χ2v) is 8.35. The number of carboxylic acids is 1. The number of fused-ring (bicyclic) bond motifs is 3. The maximum atomic E-state index is 12.5. The number of aliphatic carboxylic acids is 1. The second-order valence-electron chi connectivity index (χ2n) is 8.35. The third-order valence-corrected chi connectivity index (χ3v) is 5.44. The summed E-state index contributed by atoms with van der Waals surface area (Å²) in [6.45, 7) is 5.06. The molecule has 0 fully saturated rings. The van der Waals surface area contributed by atoms with Crippen molar-refractivity contribution in [3.8, 4) is 5.75 Å². The molecule has 1 aliphatic carbocycles. The van der Waals surface area contributed by atoms with Gasteiger partial charge in [0.25, 0.3) is 5.91 Å². The maximum Gasteiger partial charge on any atom is 0.339 e. The Morgan fingerprint density at radius 2 is 1.91 bits per heavy atom. The predicted octanol–water partition coefficient (Wildman–Crippen LogP) is 1.70. The summed E-state index contributed by atoms with van der Waals surface area (Å²) in [4.78, 5) is 47.8. The first-order chi connectivity index (χ1) is 15.2. The number of nitrogens with one attached hydrogen (secondary N) is 2. The number of amides is 2. The predicted molar refractivity (Wildman–Crippen MR) is 117 cm³/mol. The highest BCUT2D eigenvalue weighted by atomic mass is 16.5. The smallest absolute Gasteiger partial charge is 0.339 e. The van der Waals surface area contributed by atoms with Crippen LogP contribution in [0.1, 0.15) is 43.4 Å². The van der Waals surface area contributed by atoms with Crippen LogP contribution in [0.4, 0.5) is 0 Å². The van der Waals surface area contributed by atoms with Crippen LogP contribution in [0.15, 0.2) is 21.3 Å². The van der Waals surface area contributed by atoms with Crippen molar-refractivity contribution in [1.82, 2.24) is 10.6 Å². The highest BCUT2D eigenvalue weighted by molar-refractivity contribution is 5.90. The first-order valence-electron chi connectivity index (χ1n) is 10.7. The first-order valence-corrected chi connectivity index (χ1v) is 10.7. The van der Waals surface area contributed by atoms with Crippen LogP contribution in [0.3, 0.4) is 0 Å². The number of carboxylic acid groups (broad SMARTS) is 1. The highest BCUT2D eigenvalue weighted by Crippen LogP contribution is 2.35. The SMILES string of the molecule is Cc1cc(OCC(=O)NC(C(=O)NCCC(=O)O)C(C)C)c2c3c(c(=O)oc2c1)CCC3. The van der Waals surface area contributed by atoms with Crippen molar-refractivity contribution in [2.45, 2.75) is 52.5 Å². The fourth-order valence-corrected chi connectivity index (χ4v) is 3.92. The van der Waals surface area contributed by atoms with E-state index in [1.807, 2.05) is 6.92 Å². The van der Waals surface area contributed by atoms with E-state index in [1.165, 1.54) is 0 Å². The third kappa shape index (κ3) is 5.27. The molecule has 1 aromatic carbocycles. The van der Waals surface area contributed by atoms with Crippen LogP contribution in [0.5, 0.6) is 5.75 Å². The summed E-state index contributed by atoms with van der Waals surface area (Å²) >= 11 is 0. The Kier molecular flexibility index (Phi) is 7.17. The minimum atomic E-state index is -1.02. The Morgan fingerprint density at radius 1 is 1.19 bits per heavy atom. The van der Waals surface area contributed by atoms with Crippen molar-refractivity contribution < 1.29 is 28.6 Å². The zero-order valence-electron chi connectivity index (χ0n) is 18.4. The molecule has 0 radical (unpaired) electrons. The Bertz CT molecular complexity index is 1100. The van der Waals surface area contributed by atoms with Crippen molar-refractivity contribution in [3.63, 3.8) is 0 Å². The fraction of sp³-hybridized carbons (Fsp3) is 0.478. The maximum absolute atomic E-state index is 12.5. The highest BCUT2D eigenvalue weighted by Gasteiger charge is 2.25. The summed E-state index contributed by atoms with van der Waals surface area (Å²) in [5.74, 6) is -1.70. The van der Waals surface area contributed by atoms with Gasteiger partial charge >= 0.3 is 11.6 Å². The van der Waals surface area contributed by atoms with Crippen molar-refractivity contribution in [1.29, 1.82) is 0 Å². The van der Waals surface area contributed by atoms with Gasteiger partial charge in [-0.1, -0.05) is 13.8 Å². The molecular formula is C23H28N2O7. The number of ether oxygens (including phenoxy) is 1. The summed E-state index contributed by atoms with van der Waals surface area (Å²) in [7, 11) is 0. The molecule has 2 amide bonds. The summed E-state index contributed by atoms with van der Waals surface area (Å²) in [5.41, 5.74) is 2.50. The molecule has 3 rings (SSSR count). The van der Waals surface area contributed by atoms with Crippen molar-refractivity contribution in [2.75, 3.05) is 13.2 Å². The zero-order chi connectivity index (χ0) is 23.4. The topological polar surface area (TPSA) is 135 Å². The van der Waals surface area contributed by atoms with Crippen LogP contribution in [-0.2, 0) is 27.2 Å². The zero-order valence-corrected chi connectivity index (χ0v) is 18.4. The summed E-state index contributed by atoms with van der Waals surface area (Å²) in [6.07, 6.45) is 2.07. The monoisotopic (exact) mass is 444 g/mol. The van der Waals surface area contributed by atoms with Crippen molar-refractivity contribution in [2.24, 2.45) is 5.92 Å². The number of carbonyl (C=O) groups excluding carboxylic acids is 2. The van der Waals surface area contributed by atoms with Gasteiger partial charge in [0, 0.05) is 12.1 Å². The molecular weight excluding hydrogens is 416 g/mol. The molecule has 172 valence electrons. The van der Waals surface area contributed by atoms with Gasteiger partial charge in [-0.3, -0.25) is 14.4 Å². The molecule has 0 spiro atoms. The van der Waals surface area contributed by atoms with E-state index in [0.29, 0.717) is 28.7 Å². The van der Waals surface area contributed by atoms with E-state index in [2.05, 4.69) is 10.6 Å². The molecule has 1 unspecified atom stereocenters. The average Bonchev–Trinajstić information content (AvgIpc) is 3.19. The van der Waals surface area contributed by atoms with Crippen molar-refractivity contribution >= 4 is 28.8 Å². The van der Waals surface area contributed by atoms with Crippen molar-refractivity contribution in [3.05, 3.63) is 39.2 Å². The Morgan fingerprint density at radius 3 is 2.59 bits per heavy atom. The molecule has 9 nitrogen and oxygen atoms in total. The fourth-order valence-electron chi connectivity index (χ4n) is 3.92. The lowest BCUT2D eigenvalue weighted by Crippen LogP contribution is -2.51. The largest absolute Gasteiger partial charge is 0.483 e. The molecule has 3 N–H and O–H groups in total. The minimum Gasteiger partial charge on any atom is -0.483 e. The number of benzene rings is 1. The molecule has 2 aromatic rings. The standard InChI is InChI=1S/C23H28N2O7/c1-12(2)21(22(29)24-8-7-19(27)28)25-18(26)11-31-16-9-13(3)10-17-20(16)14-5-4-6-15(14)23(30)32-17/h9-10,12,21H,4-8,11H2,1-3H3,(H,24,29)(H,25,26)(H,27,28). The number of aryl methyl sites for hydroxylation is 2. The minimum absolute atomic E-state index is 0.0185. The Labute approximate surface area is 185 Å². The van der Waals surface area contributed by atoms with E-state index in [9.17, 15) is 19.2 Å². The number of rotatable bonds is 9. The van der Waals surface area contributed by atoms with Crippen LogP contribution >= 0.6 is 0 Å². The van der Waals surface area contributed by atoms with E-state index in [1.54, 1.807) is 26.0 Å². The van der Waals surface area contributed by atoms with E-state index in [0.717, 1.165) is 24.0 Å². The molecule has 1 heterocycles. The lowest BCUT2D eigenvalue weighted by molar-refractivity contribution is -0.137. The third-order valence-electron chi connectivity index (χ3n) is 5.44. The van der Waals surface area contributed by atoms with Crippen LogP contribution in [0.25, 0.3) is 11.0 Å². The summed E-state index contributed by atoms with van der Waals surface area (Å²) in [5, 5.41) is 14.6. The molecule has 1 aromatic heterocycles. The van der Waals surface area contributed by atoms with Gasteiger partial charge in [0.05, 0.1) is 11.8 Å². The lowest BCUT2D eigenvalue weighted by Gasteiger charge is -2.22. The molecule has 0 bridgehead atoms. The summed E-state index contributed by atoms with van der Waals surface area (Å²) in [6, 6.07) is 2.75. The molecule has 32 heavy (non-hydrogen) atoms. The molecule has 9 heteroatoms. The van der Waals surface area contributed by atoms with Gasteiger partial charge in [-0.2, -0.15) is 0 Å². The van der Waals surface area contributed by atoms with E-state index in [4.69, 9.17) is 14.3 Å². The van der Waals surface area contributed by atoms with Crippen LogP contribution in [-0.4, -0.2) is 42.1 Å². The Hall–Kier alpha value is -3.36. The second kappa shape index (κ2) is 9.84. The number of carbonyl (C=O) groups is 3. The number of hydrogen-bond acceptors (Lipinski definition) is 6. The van der Waals surface area contributed by atoms with Gasteiger partial charge in [0.2, 0.25) is 5.91 Å². The number of hydrogen-bond donors (Lipinski definition) is 3. The van der Waals surface area contributed by atoms with Gasteiger partial charge in [-0.25, -0.2) is 4.79 Å². The normalized spacial score (nSPS) is 13.6. The lowest BCUT2D eigenvalue weighted by atomic mass is 10.0. The van der Waals surface area contributed by atoms with Crippen LogP contribution in [0, 0.1) is 12.8 Å². The first kappa shape index (κ1) is 23.3. The van der Waals surface area contributed by atoms with E-state index in [-0.39, 0.29) is 31.1 Å². The average molecular weight is 444 g/mol. The quantitative estimate of drug-likeness (QED) is 0.501. The molecule has 0 saturated carbocycles. The molecule has 0 saturated heterocycles. The summed E-state index contributed by atoms with van der Waals surface area (Å²) < 4.78 is 11.3. The van der Waals surface area contributed by atoms with Crippen LogP contribution < -0.4 is 21.0 Å². The van der Waals surface area contributed by atoms with Gasteiger partial charge in [-0.05, 0) is 55.4 Å². The van der Waals surface area contributed by atoms with Gasteiger partial charge in [0.1, 0.15) is 17.4 Å². The van der Waals surface area contributed by atoms with E-state index < -0.39 is 23.8 Å².